The van der Waals surface area contributed by atoms with Gasteiger partial charge in [-0.2, -0.15) is 0 Å². The number of rotatable bonds is 6. The van der Waals surface area contributed by atoms with Gasteiger partial charge >= 0.3 is 5.97 Å². The molecule has 0 aliphatic heterocycles. The molecule has 6 heteroatoms. The van der Waals surface area contributed by atoms with Crippen LogP contribution in [0, 0.1) is 0 Å². The van der Waals surface area contributed by atoms with Crippen LogP contribution < -0.4 is 15.2 Å². The van der Waals surface area contributed by atoms with Crippen molar-refractivity contribution < 1.29 is 19.0 Å². The first-order valence-corrected chi connectivity index (χ1v) is 6.65. The Balaban J connectivity index is 2.90. The number of benzene rings is 1. The highest BCUT2D eigenvalue weighted by Crippen LogP contribution is 2.36. The highest BCUT2D eigenvalue weighted by molar-refractivity contribution is 9.10. The first-order valence-electron chi connectivity index (χ1n) is 5.86. The van der Waals surface area contributed by atoms with Crippen LogP contribution in [0.4, 0.5) is 0 Å². The zero-order valence-corrected chi connectivity index (χ0v) is 12.8. The zero-order chi connectivity index (χ0) is 14.4. The molecule has 1 aromatic rings. The Hall–Kier alpha value is -1.27. The number of halogens is 1. The summed E-state index contributed by atoms with van der Waals surface area (Å²) >= 11 is 3.39. The number of esters is 1. The summed E-state index contributed by atoms with van der Waals surface area (Å²) in [6.07, 6.45) is 0.373. The maximum atomic E-state index is 11.5. The van der Waals surface area contributed by atoms with Crippen molar-refractivity contribution in [2.75, 3.05) is 20.8 Å². The lowest BCUT2D eigenvalue weighted by Gasteiger charge is -2.14. The summed E-state index contributed by atoms with van der Waals surface area (Å²) in [5, 5.41) is 0. The van der Waals surface area contributed by atoms with E-state index in [0.717, 1.165) is 10.0 Å². The van der Waals surface area contributed by atoms with Gasteiger partial charge in [-0.05, 0) is 47.0 Å². The molecule has 0 saturated carbocycles. The third-order valence-corrected chi connectivity index (χ3v) is 3.13. The number of hydrogen-bond donors (Lipinski definition) is 1. The topological polar surface area (TPSA) is 70.8 Å². The lowest BCUT2D eigenvalue weighted by atomic mass is 10.1. The van der Waals surface area contributed by atoms with Gasteiger partial charge in [-0.3, -0.25) is 4.79 Å². The molecule has 0 spiro atoms. The number of nitrogens with two attached hydrogens (primary N) is 1. The Morgan fingerprint density at radius 3 is 2.58 bits per heavy atom. The molecule has 0 heterocycles. The second-order valence-corrected chi connectivity index (χ2v) is 4.73. The summed E-state index contributed by atoms with van der Waals surface area (Å²) in [7, 11) is 3.12. The van der Waals surface area contributed by atoms with Gasteiger partial charge < -0.3 is 19.9 Å². The van der Waals surface area contributed by atoms with E-state index in [1.165, 1.54) is 0 Å². The van der Waals surface area contributed by atoms with Crippen molar-refractivity contribution in [2.24, 2.45) is 5.73 Å². The molecule has 5 nitrogen and oxygen atoms in total. The predicted octanol–water partition coefficient (Wildman–Crippen LogP) is 1.90. The van der Waals surface area contributed by atoms with Gasteiger partial charge in [-0.25, -0.2) is 0 Å². The predicted molar refractivity (Wildman–Crippen MR) is 75.6 cm³/mol. The Bertz CT molecular complexity index is 451. The Labute approximate surface area is 121 Å². The quantitative estimate of drug-likeness (QED) is 0.806. The minimum Gasteiger partial charge on any atom is -0.493 e. The van der Waals surface area contributed by atoms with Gasteiger partial charge in [0.25, 0.3) is 0 Å². The van der Waals surface area contributed by atoms with Crippen LogP contribution in [-0.2, 0) is 16.0 Å². The molecule has 0 radical (unpaired) electrons. The summed E-state index contributed by atoms with van der Waals surface area (Å²) in [4.78, 5) is 11.5. The molecule has 1 aromatic carbocycles. The molecule has 0 aliphatic rings. The summed E-state index contributed by atoms with van der Waals surface area (Å²) in [6.45, 7) is 2.07. The normalized spacial score (nSPS) is 11.8. The average molecular weight is 332 g/mol. The monoisotopic (exact) mass is 331 g/mol. The van der Waals surface area contributed by atoms with Gasteiger partial charge in [0.2, 0.25) is 0 Å². The van der Waals surface area contributed by atoms with E-state index in [1.54, 1.807) is 27.2 Å². The third kappa shape index (κ3) is 4.11. The summed E-state index contributed by atoms with van der Waals surface area (Å²) in [5.74, 6) is 0.785. The molecule has 19 heavy (non-hydrogen) atoms. The molecule has 0 amide bonds. The van der Waals surface area contributed by atoms with E-state index < -0.39 is 12.0 Å². The first-order chi connectivity index (χ1) is 9.03. The van der Waals surface area contributed by atoms with Crippen LogP contribution in [0.1, 0.15) is 12.5 Å². The minimum atomic E-state index is -0.690. The maximum absolute atomic E-state index is 11.5. The molecule has 0 aromatic heterocycles. The molecule has 0 aliphatic carbocycles. The van der Waals surface area contributed by atoms with E-state index >= 15 is 0 Å². The van der Waals surface area contributed by atoms with Gasteiger partial charge in [-0.1, -0.05) is 0 Å². The van der Waals surface area contributed by atoms with Crippen LogP contribution in [0.15, 0.2) is 16.6 Å². The van der Waals surface area contributed by atoms with E-state index in [1.807, 2.05) is 6.07 Å². The SMILES string of the molecule is CCOC(=O)C(N)Cc1cc(Br)c(OC)c(OC)c1. The van der Waals surface area contributed by atoms with Crippen LogP contribution in [0.3, 0.4) is 0 Å². The van der Waals surface area contributed by atoms with Crippen molar-refractivity contribution in [1.82, 2.24) is 0 Å². The number of carbonyl (C=O) groups is 1. The van der Waals surface area contributed by atoms with E-state index in [0.29, 0.717) is 24.5 Å². The van der Waals surface area contributed by atoms with E-state index in [2.05, 4.69) is 15.9 Å². The number of ether oxygens (including phenoxy) is 3. The number of carbonyl (C=O) groups excluding carboxylic acids is 1. The molecule has 1 rings (SSSR count). The van der Waals surface area contributed by atoms with Crippen LogP contribution in [0.2, 0.25) is 0 Å². The van der Waals surface area contributed by atoms with Crippen molar-refractivity contribution in [1.29, 1.82) is 0 Å². The van der Waals surface area contributed by atoms with Gasteiger partial charge in [0.05, 0.1) is 25.3 Å². The molecule has 0 fully saturated rings. The molecule has 2 N–H and O–H groups in total. The van der Waals surface area contributed by atoms with Crippen molar-refractivity contribution in [2.45, 2.75) is 19.4 Å². The van der Waals surface area contributed by atoms with E-state index in [9.17, 15) is 4.79 Å². The second-order valence-electron chi connectivity index (χ2n) is 3.88. The van der Waals surface area contributed by atoms with Crippen molar-refractivity contribution in [3.05, 3.63) is 22.2 Å². The van der Waals surface area contributed by atoms with Crippen LogP contribution >= 0.6 is 15.9 Å². The van der Waals surface area contributed by atoms with Gasteiger partial charge in [0.1, 0.15) is 6.04 Å². The van der Waals surface area contributed by atoms with E-state index in [4.69, 9.17) is 19.9 Å². The standard InChI is InChI=1S/C13H18BrNO4/c1-4-19-13(16)10(15)6-8-5-9(14)12(18-3)11(7-8)17-2/h5,7,10H,4,6,15H2,1-3H3. The lowest BCUT2D eigenvalue weighted by Crippen LogP contribution is -2.34. The van der Waals surface area contributed by atoms with Crippen molar-refractivity contribution >= 4 is 21.9 Å². The number of hydrogen-bond acceptors (Lipinski definition) is 5. The fourth-order valence-corrected chi connectivity index (χ4v) is 2.33. The molecule has 0 saturated heterocycles. The summed E-state index contributed by atoms with van der Waals surface area (Å²) < 4.78 is 16.1. The van der Waals surface area contributed by atoms with E-state index in [-0.39, 0.29) is 0 Å². The smallest absolute Gasteiger partial charge is 0.323 e. The van der Waals surface area contributed by atoms with Crippen molar-refractivity contribution in [3.8, 4) is 11.5 Å². The van der Waals surface area contributed by atoms with Gasteiger partial charge in [0.15, 0.2) is 11.5 Å². The fourth-order valence-electron chi connectivity index (χ4n) is 1.68. The Morgan fingerprint density at radius 2 is 2.05 bits per heavy atom. The van der Waals surface area contributed by atoms with Crippen LogP contribution in [0.5, 0.6) is 11.5 Å². The van der Waals surface area contributed by atoms with Crippen LogP contribution in [0.25, 0.3) is 0 Å². The summed E-state index contributed by atoms with van der Waals surface area (Å²) in [6, 6.07) is 2.95. The van der Waals surface area contributed by atoms with Gasteiger partial charge in [0, 0.05) is 0 Å². The Kier molecular flexibility index (Phi) is 6.11. The molecular weight excluding hydrogens is 314 g/mol. The number of methoxy groups -OCH3 is 2. The maximum Gasteiger partial charge on any atom is 0.323 e. The fraction of sp³-hybridized carbons (Fsp3) is 0.462. The largest absolute Gasteiger partial charge is 0.493 e. The molecule has 1 atom stereocenters. The minimum absolute atomic E-state index is 0.322. The highest BCUT2D eigenvalue weighted by Gasteiger charge is 2.17. The Morgan fingerprint density at radius 1 is 1.37 bits per heavy atom. The second kappa shape index (κ2) is 7.35. The molecule has 106 valence electrons. The highest BCUT2D eigenvalue weighted by atomic mass is 79.9. The molecule has 1 unspecified atom stereocenters. The lowest BCUT2D eigenvalue weighted by molar-refractivity contribution is -0.144. The van der Waals surface area contributed by atoms with Gasteiger partial charge in [-0.15, -0.1) is 0 Å². The molecular formula is C13H18BrNO4. The third-order valence-electron chi connectivity index (χ3n) is 2.54. The summed E-state index contributed by atoms with van der Waals surface area (Å²) in [5.41, 5.74) is 6.65. The first kappa shape index (κ1) is 15.8. The van der Waals surface area contributed by atoms with Crippen LogP contribution in [-0.4, -0.2) is 32.8 Å². The van der Waals surface area contributed by atoms with Crippen molar-refractivity contribution in [3.63, 3.8) is 0 Å². The molecule has 0 bridgehead atoms. The average Bonchev–Trinajstić information content (AvgIpc) is 2.38. The zero-order valence-electron chi connectivity index (χ0n) is 11.2.